The molecule has 3 aromatic carbocycles. The van der Waals surface area contributed by atoms with Gasteiger partial charge < -0.3 is 9.47 Å². The van der Waals surface area contributed by atoms with Crippen LogP contribution in [0.5, 0.6) is 11.5 Å². The summed E-state index contributed by atoms with van der Waals surface area (Å²) in [6, 6.07) is 14.6. The highest BCUT2D eigenvalue weighted by molar-refractivity contribution is 5.87. The molecule has 10 nitrogen and oxygen atoms in total. The molecule has 0 saturated heterocycles. The van der Waals surface area contributed by atoms with Crippen molar-refractivity contribution in [3.63, 3.8) is 0 Å². The fourth-order valence-corrected chi connectivity index (χ4v) is 4.19. The van der Waals surface area contributed by atoms with Crippen LogP contribution in [-0.2, 0) is 4.79 Å². The van der Waals surface area contributed by atoms with Gasteiger partial charge in [-0.2, -0.15) is 9.78 Å². The molecule has 0 fully saturated rings. The molecule has 0 amide bonds. The summed E-state index contributed by atoms with van der Waals surface area (Å²) in [6.45, 7) is 9.65. The molecule has 0 aliphatic rings. The van der Waals surface area contributed by atoms with Crippen molar-refractivity contribution in [2.45, 2.75) is 40.5 Å². The molecule has 0 atom stereocenters. The second-order valence-corrected chi connectivity index (χ2v) is 9.18. The van der Waals surface area contributed by atoms with Crippen LogP contribution >= 0.6 is 0 Å². The Morgan fingerprint density at radius 1 is 1.15 bits per heavy atom. The Kier molecular flexibility index (Phi) is 7.85. The lowest BCUT2D eigenvalue weighted by Gasteiger charge is -2.18. The fraction of sp³-hybridized carbons (Fsp3) is 0.241. The monoisotopic (exact) mass is 528 g/mol. The summed E-state index contributed by atoms with van der Waals surface area (Å²) in [5.41, 5.74) is 2.46. The first-order valence-electron chi connectivity index (χ1n) is 12.4. The van der Waals surface area contributed by atoms with Crippen LogP contribution in [0.1, 0.15) is 50.3 Å². The second kappa shape index (κ2) is 11.3. The molecule has 200 valence electrons. The average molecular weight is 529 g/mol. The van der Waals surface area contributed by atoms with Crippen LogP contribution < -0.4 is 15.0 Å². The third-order valence-electron chi connectivity index (χ3n) is 6.04. The van der Waals surface area contributed by atoms with Gasteiger partial charge in [-0.25, -0.2) is 4.98 Å². The van der Waals surface area contributed by atoms with E-state index in [-0.39, 0.29) is 28.7 Å². The van der Waals surface area contributed by atoms with E-state index in [0.717, 1.165) is 21.6 Å². The van der Waals surface area contributed by atoms with Gasteiger partial charge in [0.1, 0.15) is 11.5 Å². The topological polar surface area (TPSA) is 126 Å². The lowest BCUT2D eigenvalue weighted by atomic mass is 9.96. The maximum atomic E-state index is 13.7. The maximum absolute atomic E-state index is 13.7. The number of carbonyl (C=O) groups is 1. The number of hydrogen-bond donors (Lipinski definition) is 0. The summed E-state index contributed by atoms with van der Waals surface area (Å²) in [4.78, 5) is 40.9. The molecule has 10 heteroatoms. The summed E-state index contributed by atoms with van der Waals surface area (Å²) >= 11 is 0. The normalized spacial score (nSPS) is 11.3. The predicted octanol–water partition coefficient (Wildman–Crippen LogP) is 5.61. The quantitative estimate of drug-likeness (QED) is 0.0956. The molecule has 0 bridgehead atoms. The van der Waals surface area contributed by atoms with Crippen molar-refractivity contribution in [1.82, 2.24) is 9.66 Å². The first-order chi connectivity index (χ1) is 18.6. The van der Waals surface area contributed by atoms with Gasteiger partial charge in [0.25, 0.3) is 11.2 Å². The number of fused-ring (bicyclic) bond motifs is 1. The third-order valence-corrected chi connectivity index (χ3v) is 6.04. The highest BCUT2D eigenvalue weighted by atomic mass is 16.6. The van der Waals surface area contributed by atoms with Gasteiger partial charge in [-0.3, -0.25) is 19.7 Å². The van der Waals surface area contributed by atoms with Gasteiger partial charge in [0, 0.05) is 30.2 Å². The van der Waals surface area contributed by atoms with E-state index < -0.39 is 16.5 Å². The van der Waals surface area contributed by atoms with E-state index in [1.807, 2.05) is 26.0 Å². The van der Waals surface area contributed by atoms with E-state index in [9.17, 15) is 19.7 Å². The van der Waals surface area contributed by atoms with E-state index in [1.54, 1.807) is 24.3 Å². The van der Waals surface area contributed by atoms with Gasteiger partial charge >= 0.3 is 5.97 Å². The Bertz CT molecular complexity index is 1670. The van der Waals surface area contributed by atoms with Crippen molar-refractivity contribution in [3.8, 4) is 22.9 Å². The molecule has 39 heavy (non-hydrogen) atoms. The molecule has 0 aliphatic carbocycles. The zero-order valence-electron chi connectivity index (χ0n) is 22.3. The molecular formula is C29H28N4O6. The molecule has 1 heterocycles. The van der Waals surface area contributed by atoms with Crippen LogP contribution in [0.3, 0.4) is 0 Å². The van der Waals surface area contributed by atoms with Crippen molar-refractivity contribution in [3.05, 3.63) is 91.8 Å². The number of rotatable bonds is 8. The number of ether oxygens (including phenoxy) is 2. The summed E-state index contributed by atoms with van der Waals surface area (Å²) in [5.74, 6) is 0.645. The third kappa shape index (κ3) is 5.69. The Balaban J connectivity index is 1.99. The Morgan fingerprint density at radius 3 is 2.56 bits per heavy atom. The number of aryl methyl sites for hydroxylation is 1. The molecule has 0 spiro atoms. The molecule has 0 unspecified atom stereocenters. The number of nitro groups is 1. The molecule has 0 saturated carbocycles. The minimum atomic E-state index is -0.602. The van der Waals surface area contributed by atoms with Crippen LogP contribution in [0.2, 0.25) is 0 Å². The first-order valence-corrected chi connectivity index (χ1v) is 12.4. The lowest BCUT2D eigenvalue weighted by Crippen LogP contribution is -2.21. The maximum Gasteiger partial charge on any atom is 0.308 e. The highest BCUT2D eigenvalue weighted by Gasteiger charge is 2.19. The zero-order chi connectivity index (χ0) is 28.3. The Hall–Kier alpha value is -4.86. The Morgan fingerprint density at radius 2 is 1.90 bits per heavy atom. The summed E-state index contributed by atoms with van der Waals surface area (Å²) in [6.07, 6.45) is 1.25. The van der Waals surface area contributed by atoms with Gasteiger partial charge in [0.2, 0.25) is 0 Å². The number of carbonyl (C=O) groups excluding carboxylic acids is 1. The minimum absolute atomic E-state index is 0.0690. The van der Waals surface area contributed by atoms with E-state index in [4.69, 9.17) is 14.5 Å². The van der Waals surface area contributed by atoms with Crippen LogP contribution in [0.4, 0.5) is 5.69 Å². The van der Waals surface area contributed by atoms with Crippen molar-refractivity contribution < 1.29 is 19.2 Å². The molecule has 4 rings (SSSR count). The average Bonchev–Trinajstić information content (AvgIpc) is 2.88. The van der Waals surface area contributed by atoms with E-state index >= 15 is 0 Å². The van der Waals surface area contributed by atoms with Crippen LogP contribution in [0, 0.1) is 17.0 Å². The first kappa shape index (κ1) is 27.2. The van der Waals surface area contributed by atoms with Crippen LogP contribution in [-0.4, -0.2) is 33.4 Å². The number of esters is 1. The number of aromatic nitrogens is 2. The number of benzene rings is 3. The number of para-hydroxylation sites is 1. The SMILES string of the molecule is CCOc1cc(C)c(-c2nc3ccccc3c(=O)n2N=Cc2cc([N+](=O)[O-])ccc2OC(C)=O)cc1C(C)C. The smallest absolute Gasteiger partial charge is 0.308 e. The number of nitro benzene ring substituents is 1. The van der Waals surface area contributed by atoms with E-state index in [0.29, 0.717) is 23.1 Å². The summed E-state index contributed by atoms with van der Waals surface area (Å²) in [5, 5.41) is 16.1. The summed E-state index contributed by atoms with van der Waals surface area (Å²) < 4.78 is 12.2. The molecule has 0 aliphatic heterocycles. The molecule has 1 aromatic heterocycles. The van der Waals surface area contributed by atoms with Gasteiger partial charge in [-0.1, -0.05) is 26.0 Å². The minimum Gasteiger partial charge on any atom is -0.494 e. The zero-order valence-corrected chi connectivity index (χ0v) is 22.3. The lowest BCUT2D eigenvalue weighted by molar-refractivity contribution is -0.384. The number of nitrogens with zero attached hydrogens (tertiary/aromatic N) is 4. The summed E-state index contributed by atoms with van der Waals surface area (Å²) in [7, 11) is 0. The van der Waals surface area contributed by atoms with Gasteiger partial charge in [-0.15, -0.1) is 0 Å². The van der Waals surface area contributed by atoms with Crippen LogP contribution in [0.15, 0.2) is 64.5 Å². The molecule has 4 aromatic rings. The predicted molar refractivity (Wildman–Crippen MR) is 149 cm³/mol. The van der Waals surface area contributed by atoms with Crippen molar-refractivity contribution >= 4 is 28.8 Å². The standard InChI is InChI=1S/C29H28N4O6/c1-6-38-27-13-18(4)24(15-23(27)17(2)3)28-31-25-10-8-7-9-22(25)29(35)32(28)30-16-20-14-21(33(36)37)11-12-26(20)39-19(5)34/h7-17H,6H2,1-5H3. The van der Waals surface area contributed by atoms with Gasteiger partial charge in [0.15, 0.2) is 5.82 Å². The van der Waals surface area contributed by atoms with Crippen LogP contribution in [0.25, 0.3) is 22.3 Å². The van der Waals surface area contributed by atoms with Crippen molar-refractivity contribution in [2.75, 3.05) is 6.61 Å². The molecular weight excluding hydrogens is 500 g/mol. The van der Waals surface area contributed by atoms with Crippen molar-refractivity contribution in [2.24, 2.45) is 5.10 Å². The van der Waals surface area contributed by atoms with E-state index in [2.05, 4.69) is 18.9 Å². The number of hydrogen-bond acceptors (Lipinski definition) is 8. The van der Waals surface area contributed by atoms with Gasteiger partial charge in [-0.05, 0) is 61.2 Å². The number of non-ortho nitro benzene ring substituents is 1. The fourth-order valence-electron chi connectivity index (χ4n) is 4.19. The highest BCUT2D eigenvalue weighted by Crippen LogP contribution is 2.34. The van der Waals surface area contributed by atoms with Crippen molar-refractivity contribution in [1.29, 1.82) is 0 Å². The molecule has 0 N–H and O–H groups in total. The molecule has 0 radical (unpaired) electrons. The van der Waals surface area contributed by atoms with E-state index in [1.165, 1.54) is 31.3 Å². The largest absolute Gasteiger partial charge is 0.494 e. The van der Waals surface area contributed by atoms with Gasteiger partial charge in [0.05, 0.1) is 28.6 Å². The Labute approximate surface area is 224 Å². The second-order valence-electron chi connectivity index (χ2n) is 9.18.